The molecule has 0 radical (unpaired) electrons. The summed E-state index contributed by atoms with van der Waals surface area (Å²) < 4.78 is 37.2. The molecule has 0 N–H and O–H groups in total. The standard InChI is InChI=1S/C31H40BrN3O4S/c1-2-39-22-10-21-34(40(37,38)30-18-16-27(32)17-19-30)25-31(36)35(28-13-7-4-8-14-28)24-29-15-9-20-33(29)23-26-11-5-3-6-12-26/h3,5-6,9,11-12,15-20,28H,2,4,7-8,10,13-14,21-25H2,1H3. The lowest BCUT2D eigenvalue weighted by Crippen LogP contribution is -2.47. The highest BCUT2D eigenvalue weighted by molar-refractivity contribution is 9.10. The molecule has 1 aliphatic rings. The molecule has 1 fully saturated rings. The Kier molecular flexibility index (Phi) is 11.4. The quantitative estimate of drug-likeness (QED) is 0.203. The van der Waals surface area contributed by atoms with Crippen molar-refractivity contribution in [2.45, 2.75) is 69.5 Å². The third kappa shape index (κ3) is 8.28. The van der Waals surface area contributed by atoms with Crippen LogP contribution in [0.15, 0.2) is 82.3 Å². The third-order valence-corrected chi connectivity index (χ3v) is 9.84. The van der Waals surface area contributed by atoms with Crippen LogP contribution in [0.4, 0.5) is 0 Å². The van der Waals surface area contributed by atoms with Crippen LogP contribution >= 0.6 is 15.9 Å². The predicted octanol–water partition coefficient (Wildman–Crippen LogP) is 6.08. The number of ether oxygens (including phenoxy) is 1. The zero-order valence-electron chi connectivity index (χ0n) is 23.3. The molecule has 0 unspecified atom stereocenters. The molecule has 0 bridgehead atoms. The number of hydrogen-bond acceptors (Lipinski definition) is 4. The van der Waals surface area contributed by atoms with E-state index in [1.807, 2.05) is 42.3 Å². The van der Waals surface area contributed by atoms with Crippen LogP contribution in [0.2, 0.25) is 0 Å². The monoisotopic (exact) mass is 629 g/mol. The van der Waals surface area contributed by atoms with Crippen molar-refractivity contribution in [1.82, 2.24) is 13.8 Å². The topological polar surface area (TPSA) is 71.8 Å². The minimum atomic E-state index is -3.87. The molecule has 1 aromatic heterocycles. The maximum absolute atomic E-state index is 14.0. The molecule has 1 amide bonds. The van der Waals surface area contributed by atoms with Crippen molar-refractivity contribution in [2.24, 2.45) is 0 Å². The van der Waals surface area contributed by atoms with Gasteiger partial charge in [0.25, 0.3) is 0 Å². The number of carbonyl (C=O) groups is 1. The molecule has 1 aliphatic carbocycles. The van der Waals surface area contributed by atoms with Gasteiger partial charge in [-0.25, -0.2) is 8.42 Å². The Morgan fingerprint density at radius 1 is 1.00 bits per heavy atom. The number of amides is 1. The Morgan fingerprint density at radius 2 is 1.73 bits per heavy atom. The highest BCUT2D eigenvalue weighted by atomic mass is 79.9. The fraction of sp³-hybridized carbons (Fsp3) is 0.452. The van der Waals surface area contributed by atoms with Gasteiger partial charge in [0.2, 0.25) is 15.9 Å². The molecule has 1 heterocycles. The molecule has 3 aromatic rings. The van der Waals surface area contributed by atoms with Gasteiger partial charge in [-0.1, -0.05) is 65.5 Å². The van der Waals surface area contributed by atoms with Crippen LogP contribution < -0.4 is 0 Å². The van der Waals surface area contributed by atoms with Gasteiger partial charge in [-0.15, -0.1) is 0 Å². The van der Waals surface area contributed by atoms with Gasteiger partial charge in [0, 0.05) is 48.7 Å². The molecule has 2 aromatic carbocycles. The summed E-state index contributed by atoms with van der Waals surface area (Å²) in [6.07, 6.45) is 7.77. The highest BCUT2D eigenvalue weighted by Gasteiger charge is 2.32. The second-order valence-corrected chi connectivity index (χ2v) is 13.1. The minimum absolute atomic E-state index is 0.0991. The van der Waals surface area contributed by atoms with E-state index in [2.05, 4.69) is 38.7 Å². The average molecular weight is 631 g/mol. The van der Waals surface area contributed by atoms with Crippen LogP contribution in [0.25, 0.3) is 0 Å². The van der Waals surface area contributed by atoms with Crippen molar-refractivity contribution in [3.8, 4) is 0 Å². The number of sulfonamides is 1. The van der Waals surface area contributed by atoms with Crippen LogP contribution in [-0.2, 0) is 32.6 Å². The Morgan fingerprint density at radius 3 is 2.42 bits per heavy atom. The summed E-state index contributed by atoms with van der Waals surface area (Å²) in [5, 5.41) is 0. The van der Waals surface area contributed by atoms with Gasteiger partial charge < -0.3 is 14.2 Å². The number of nitrogens with zero attached hydrogens (tertiary/aromatic N) is 3. The Labute approximate surface area is 247 Å². The van der Waals surface area contributed by atoms with Gasteiger partial charge in [-0.2, -0.15) is 4.31 Å². The van der Waals surface area contributed by atoms with E-state index in [1.54, 1.807) is 24.3 Å². The van der Waals surface area contributed by atoms with Crippen LogP contribution in [0.3, 0.4) is 0 Å². The van der Waals surface area contributed by atoms with E-state index in [0.29, 0.717) is 26.2 Å². The number of halogens is 1. The van der Waals surface area contributed by atoms with E-state index >= 15 is 0 Å². The van der Waals surface area contributed by atoms with Crippen molar-refractivity contribution < 1.29 is 17.9 Å². The number of carbonyl (C=O) groups excluding carboxylic acids is 1. The molecular formula is C31H40BrN3O4S. The van der Waals surface area contributed by atoms with Gasteiger partial charge in [0.15, 0.2) is 0 Å². The number of aromatic nitrogens is 1. The Balaban J connectivity index is 1.57. The Bertz CT molecular complexity index is 1310. The lowest BCUT2D eigenvalue weighted by molar-refractivity contribution is -0.135. The molecule has 0 spiro atoms. The summed E-state index contributed by atoms with van der Waals surface area (Å²) in [6.45, 7) is 4.11. The molecule has 0 atom stereocenters. The minimum Gasteiger partial charge on any atom is -0.382 e. The van der Waals surface area contributed by atoms with Crippen LogP contribution in [0.1, 0.15) is 56.7 Å². The lowest BCUT2D eigenvalue weighted by Gasteiger charge is -2.36. The average Bonchev–Trinajstić information content (AvgIpc) is 3.40. The zero-order valence-corrected chi connectivity index (χ0v) is 25.7. The maximum Gasteiger partial charge on any atom is 0.243 e. The van der Waals surface area contributed by atoms with Crippen molar-refractivity contribution in [1.29, 1.82) is 0 Å². The molecular weight excluding hydrogens is 590 g/mol. The van der Waals surface area contributed by atoms with E-state index in [1.165, 1.54) is 16.3 Å². The first kappa shape index (κ1) is 30.5. The molecule has 40 heavy (non-hydrogen) atoms. The highest BCUT2D eigenvalue weighted by Crippen LogP contribution is 2.26. The first-order valence-electron chi connectivity index (χ1n) is 14.2. The maximum atomic E-state index is 14.0. The van der Waals surface area contributed by atoms with E-state index in [4.69, 9.17) is 4.74 Å². The third-order valence-electron chi connectivity index (χ3n) is 7.45. The summed E-state index contributed by atoms with van der Waals surface area (Å²) in [5.74, 6) is -0.156. The largest absolute Gasteiger partial charge is 0.382 e. The van der Waals surface area contributed by atoms with Gasteiger partial charge in [-0.3, -0.25) is 4.79 Å². The van der Waals surface area contributed by atoms with E-state index in [0.717, 1.165) is 42.4 Å². The number of benzene rings is 2. The molecule has 1 saturated carbocycles. The van der Waals surface area contributed by atoms with E-state index < -0.39 is 10.0 Å². The summed E-state index contributed by atoms with van der Waals surface area (Å²) in [6, 6.07) is 21.0. The fourth-order valence-electron chi connectivity index (χ4n) is 5.28. The van der Waals surface area contributed by atoms with E-state index in [-0.39, 0.29) is 29.9 Å². The molecule has 0 saturated heterocycles. The molecule has 4 rings (SSSR count). The molecule has 7 nitrogen and oxygen atoms in total. The van der Waals surface area contributed by atoms with Crippen molar-refractivity contribution in [2.75, 3.05) is 26.3 Å². The summed E-state index contributed by atoms with van der Waals surface area (Å²) in [5.41, 5.74) is 2.23. The molecule has 216 valence electrons. The molecule has 0 aliphatic heterocycles. The second-order valence-electron chi connectivity index (χ2n) is 10.3. The Hall–Kier alpha value is -2.46. The first-order valence-corrected chi connectivity index (χ1v) is 16.4. The van der Waals surface area contributed by atoms with Gasteiger partial charge in [0.1, 0.15) is 0 Å². The predicted molar refractivity (Wildman–Crippen MR) is 161 cm³/mol. The van der Waals surface area contributed by atoms with Gasteiger partial charge >= 0.3 is 0 Å². The fourth-order valence-corrected chi connectivity index (χ4v) is 6.98. The van der Waals surface area contributed by atoms with Crippen molar-refractivity contribution >= 4 is 31.9 Å². The van der Waals surface area contributed by atoms with Crippen LogP contribution in [0.5, 0.6) is 0 Å². The summed E-state index contributed by atoms with van der Waals surface area (Å²) in [4.78, 5) is 16.2. The van der Waals surface area contributed by atoms with Gasteiger partial charge in [-0.05, 0) is 68.1 Å². The summed E-state index contributed by atoms with van der Waals surface area (Å²) in [7, 11) is -3.87. The summed E-state index contributed by atoms with van der Waals surface area (Å²) >= 11 is 3.38. The van der Waals surface area contributed by atoms with Crippen LogP contribution in [0, 0.1) is 0 Å². The van der Waals surface area contributed by atoms with Gasteiger partial charge in [0.05, 0.1) is 18.0 Å². The second kappa shape index (κ2) is 15.0. The van der Waals surface area contributed by atoms with Crippen LogP contribution in [-0.4, -0.2) is 60.4 Å². The normalized spacial score (nSPS) is 14.5. The molecule has 9 heteroatoms. The van der Waals surface area contributed by atoms with Crippen molar-refractivity contribution in [3.05, 3.63) is 88.7 Å². The zero-order chi connectivity index (χ0) is 28.4. The first-order chi connectivity index (χ1) is 19.4. The SMILES string of the molecule is CCOCCCN(CC(=O)N(Cc1cccn1Cc1ccccc1)C1CCCCC1)S(=O)(=O)c1ccc(Br)cc1. The van der Waals surface area contributed by atoms with E-state index in [9.17, 15) is 13.2 Å². The number of rotatable bonds is 14. The lowest BCUT2D eigenvalue weighted by atomic mass is 9.94. The van der Waals surface area contributed by atoms with Crippen molar-refractivity contribution in [3.63, 3.8) is 0 Å². The number of hydrogen-bond donors (Lipinski definition) is 0. The smallest absolute Gasteiger partial charge is 0.243 e.